The SMILES string of the molecule is N[C@@H](Cc1ccccc1)[C@H](O)[C@@H]1CC[C@H](OCc2ccccc2)C1. The summed E-state index contributed by atoms with van der Waals surface area (Å²) in [4.78, 5) is 0. The molecule has 1 saturated carbocycles. The third-order valence-electron chi connectivity index (χ3n) is 4.99. The molecule has 2 aromatic carbocycles. The van der Waals surface area contributed by atoms with Crippen LogP contribution < -0.4 is 5.73 Å². The number of hydrogen-bond acceptors (Lipinski definition) is 3. The van der Waals surface area contributed by atoms with Gasteiger partial charge >= 0.3 is 0 Å². The van der Waals surface area contributed by atoms with Crippen molar-refractivity contribution in [2.75, 3.05) is 0 Å². The zero-order valence-corrected chi connectivity index (χ0v) is 14.1. The fraction of sp³-hybridized carbons (Fsp3) is 0.429. The molecule has 0 heterocycles. The van der Waals surface area contributed by atoms with Crippen molar-refractivity contribution >= 4 is 0 Å². The maximum Gasteiger partial charge on any atom is 0.0723 e. The highest BCUT2D eigenvalue weighted by molar-refractivity contribution is 5.16. The molecule has 0 saturated heterocycles. The van der Waals surface area contributed by atoms with Crippen molar-refractivity contribution in [3.8, 4) is 0 Å². The Bertz CT molecular complexity index is 602. The van der Waals surface area contributed by atoms with Gasteiger partial charge in [-0.2, -0.15) is 0 Å². The predicted octanol–water partition coefficient (Wildman–Crippen LogP) is 3.30. The maximum atomic E-state index is 10.6. The molecule has 0 amide bonds. The molecule has 24 heavy (non-hydrogen) atoms. The number of aliphatic hydroxyl groups excluding tert-OH is 1. The van der Waals surface area contributed by atoms with Crippen LogP contribution >= 0.6 is 0 Å². The van der Waals surface area contributed by atoms with Crippen molar-refractivity contribution in [3.05, 3.63) is 71.8 Å². The van der Waals surface area contributed by atoms with Crippen molar-refractivity contribution in [2.24, 2.45) is 11.7 Å². The summed E-state index contributed by atoms with van der Waals surface area (Å²) in [5.74, 6) is 0.240. The lowest BCUT2D eigenvalue weighted by molar-refractivity contribution is 0.0293. The Labute approximate surface area is 144 Å². The lowest BCUT2D eigenvalue weighted by Gasteiger charge is -2.24. The highest BCUT2D eigenvalue weighted by atomic mass is 16.5. The Kier molecular flexibility index (Phi) is 6.02. The summed E-state index contributed by atoms with van der Waals surface area (Å²) in [5, 5.41) is 10.6. The molecule has 3 nitrogen and oxygen atoms in total. The number of aliphatic hydroxyl groups is 1. The van der Waals surface area contributed by atoms with E-state index in [-0.39, 0.29) is 18.1 Å². The fourth-order valence-electron chi connectivity index (χ4n) is 3.58. The molecule has 1 aliphatic carbocycles. The van der Waals surface area contributed by atoms with E-state index in [1.807, 2.05) is 36.4 Å². The van der Waals surface area contributed by atoms with E-state index in [9.17, 15) is 5.11 Å². The van der Waals surface area contributed by atoms with Gasteiger partial charge in [0.1, 0.15) is 0 Å². The summed E-state index contributed by atoms with van der Waals surface area (Å²) >= 11 is 0. The van der Waals surface area contributed by atoms with Crippen LogP contribution in [0.4, 0.5) is 0 Å². The van der Waals surface area contributed by atoms with Gasteiger partial charge in [-0.25, -0.2) is 0 Å². The maximum absolute atomic E-state index is 10.6. The van der Waals surface area contributed by atoms with Gasteiger partial charge in [0, 0.05) is 6.04 Å². The molecule has 0 bridgehead atoms. The first-order valence-electron chi connectivity index (χ1n) is 8.85. The van der Waals surface area contributed by atoms with E-state index in [4.69, 9.17) is 10.5 Å². The van der Waals surface area contributed by atoms with Gasteiger partial charge in [0.25, 0.3) is 0 Å². The third kappa shape index (κ3) is 4.67. The van der Waals surface area contributed by atoms with E-state index < -0.39 is 6.10 Å². The first kappa shape index (κ1) is 17.2. The standard InChI is InChI=1S/C21H27NO2/c22-20(13-16-7-3-1-4-8-16)21(23)18-11-12-19(14-18)24-15-17-9-5-2-6-10-17/h1-10,18-21,23H,11-15,22H2/t18-,19+,20+,21-/m1/s1. The summed E-state index contributed by atoms with van der Waals surface area (Å²) in [6.07, 6.45) is 3.38. The van der Waals surface area contributed by atoms with Crippen LogP contribution in [0.15, 0.2) is 60.7 Å². The van der Waals surface area contributed by atoms with Crippen molar-refractivity contribution < 1.29 is 9.84 Å². The average Bonchev–Trinajstić information content (AvgIpc) is 3.10. The van der Waals surface area contributed by atoms with Crippen LogP contribution in [-0.4, -0.2) is 23.4 Å². The fourth-order valence-corrected chi connectivity index (χ4v) is 3.58. The topological polar surface area (TPSA) is 55.5 Å². The molecule has 3 N–H and O–H groups in total. The van der Waals surface area contributed by atoms with Crippen molar-refractivity contribution in [1.29, 1.82) is 0 Å². The Morgan fingerprint density at radius 2 is 1.58 bits per heavy atom. The van der Waals surface area contributed by atoms with Gasteiger partial charge in [-0.3, -0.25) is 0 Å². The minimum absolute atomic E-state index is 0.217. The number of rotatable bonds is 7. The first-order chi connectivity index (χ1) is 11.7. The zero-order valence-electron chi connectivity index (χ0n) is 14.1. The van der Waals surface area contributed by atoms with Crippen LogP contribution in [0.1, 0.15) is 30.4 Å². The van der Waals surface area contributed by atoms with Gasteiger partial charge in [-0.1, -0.05) is 60.7 Å². The molecule has 1 fully saturated rings. The first-order valence-corrected chi connectivity index (χ1v) is 8.85. The molecule has 0 radical (unpaired) electrons. The molecule has 3 rings (SSSR count). The second-order valence-electron chi connectivity index (χ2n) is 6.84. The van der Waals surface area contributed by atoms with Crippen molar-refractivity contribution in [3.63, 3.8) is 0 Å². The molecule has 0 unspecified atom stereocenters. The van der Waals surface area contributed by atoms with Crippen LogP contribution in [-0.2, 0) is 17.8 Å². The summed E-state index contributed by atoms with van der Waals surface area (Å²) < 4.78 is 6.02. The molecule has 0 aliphatic heterocycles. The molecule has 0 spiro atoms. The van der Waals surface area contributed by atoms with Crippen LogP contribution in [0, 0.1) is 5.92 Å². The van der Waals surface area contributed by atoms with E-state index in [0.29, 0.717) is 13.0 Å². The summed E-state index contributed by atoms with van der Waals surface area (Å²) in [7, 11) is 0. The lowest BCUT2D eigenvalue weighted by Crippen LogP contribution is -2.41. The Balaban J connectivity index is 1.46. The number of hydrogen-bond donors (Lipinski definition) is 2. The molecule has 1 aliphatic rings. The minimum Gasteiger partial charge on any atom is -0.391 e. The largest absolute Gasteiger partial charge is 0.391 e. The Hall–Kier alpha value is -1.68. The van der Waals surface area contributed by atoms with Gasteiger partial charge < -0.3 is 15.6 Å². The number of ether oxygens (including phenoxy) is 1. The summed E-state index contributed by atoms with van der Waals surface area (Å²) in [5.41, 5.74) is 8.62. The van der Waals surface area contributed by atoms with Crippen LogP contribution in [0.5, 0.6) is 0 Å². The Morgan fingerprint density at radius 1 is 0.958 bits per heavy atom. The van der Waals surface area contributed by atoms with Gasteiger partial charge in [-0.15, -0.1) is 0 Å². The normalized spacial score (nSPS) is 23.1. The second kappa shape index (κ2) is 8.43. The van der Waals surface area contributed by atoms with E-state index in [0.717, 1.165) is 19.3 Å². The van der Waals surface area contributed by atoms with E-state index in [1.54, 1.807) is 0 Å². The summed E-state index contributed by atoms with van der Waals surface area (Å²) in [6.45, 7) is 0.643. The van der Waals surface area contributed by atoms with Crippen LogP contribution in [0.25, 0.3) is 0 Å². The molecule has 3 heteroatoms. The molecule has 4 atom stereocenters. The second-order valence-corrected chi connectivity index (χ2v) is 6.84. The van der Waals surface area contributed by atoms with Gasteiger partial charge in [0.2, 0.25) is 0 Å². The lowest BCUT2D eigenvalue weighted by atomic mass is 9.91. The van der Waals surface area contributed by atoms with Crippen LogP contribution in [0.3, 0.4) is 0 Å². The smallest absolute Gasteiger partial charge is 0.0723 e. The number of benzene rings is 2. The molecular formula is C21H27NO2. The molecule has 0 aromatic heterocycles. The molecule has 2 aromatic rings. The Morgan fingerprint density at radius 3 is 2.25 bits per heavy atom. The quantitative estimate of drug-likeness (QED) is 0.821. The minimum atomic E-state index is -0.462. The van der Waals surface area contributed by atoms with Crippen LogP contribution in [0.2, 0.25) is 0 Å². The van der Waals surface area contributed by atoms with Crippen molar-refractivity contribution in [1.82, 2.24) is 0 Å². The monoisotopic (exact) mass is 325 g/mol. The zero-order chi connectivity index (χ0) is 16.8. The number of nitrogens with two attached hydrogens (primary N) is 1. The van der Waals surface area contributed by atoms with Gasteiger partial charge in [-0.05, 0) is 42.7 Å². The van der Waals surface area contributed by atoms with Gasteiger partial charge in [0.15, 0.2) is 0 Å². The van der Waals surface area contributed by atoms with E-state index in [1.165, 1.54) is 11.1 Å². The third-order valence-corrected chi connectivity index (χ3v) is 4.99. The van der Waals surface area contributed by atoms with E-state index in [2.05, 4.69) is 24.3 Å². The molecular weight excluding hydrogens is 298 g/mol. The van der Waals surface area contributed by atoms with Crippen molar-refractivity contribution in [2.45, 2.75) is 50.5 Å². The molecule has 128 valence electrons. The average molecular weight is 325 g/mol. The highest BCUT2D eigenvalue weighted by Gasteiger charge is 2.33. The highest BCUT2D eigenvalue weighted by Crippen LogP contribution is 2.32. The summed E-state index contributed by atoms with van der Waals surface area (Å²) in [6, 6.07) is 20.2. The van der Waals surface area contributed by atoms with Gasteiger partial charge in [0.05, 0.1) is 18.8 Å². The van der Waals surface area contributed by atoms with E-state index >= 15 is 0 Å². The predicted molar refractivity (Wildman–Crippen MR) is 96.5 cm³/mol.